The number of rotatable bonds is 16. The van der Waals surface area contributed by atoms with Crippen molar-refractivity contribution in [1.82, 2.24) is 36.5 Å². The molecule has 2 heterocycles. The number of aromatic nitrogens is 1. The number of amides is 5. The van der Waals surface area contributed by atoms with Crippen molar-refractivity contribution >= 4 is 70.8 Å². The van der Waals surface area contributed by atoms with Crippen LogP contribution in [0.25, 0.3) is 0 Å². The number of nitrogens with one attached hydrogen (secondary N) is 6. The molecule has 4 rings (SSSR count). The van der Waals surface area contributed by atoms with E-state index < -0.39 is 18.1 Å². The number of thiazole rings is 1. The summed E-state index contributed by atoms with van der Waals surface area (Å²) in [4.78, 5) is 70.8. The molecule has 278 valence electrons. The number of nitrogens with zero attached hydrogens (tertiary/aromatic N) is 2. The number of fused-ring (bicyclic) bond motifs is 1. The van der Waals surface area contributed by atoms with Crippen LogP contribution in [0.1, 0.15) is 81.7 Å². The quantitative estimate of drug-likeness (QED) is 0.142. The van der Waals surface area contributed by atoms with Gasteiger partial charge in [0.15, 0.2) is 5.13 Å². The number of benzene rings is 1. The predicted octanol–water partition coefficient (Wildman–Crippen LogP) is 2.64. The van der Waals surface area contributed by atoms with Gasteiger partial charge in [-0.05, 0) is 90.4 Å². The van der Waals surface area contributed by atoms with Crippen molar-refractivity contribution in [2.75, 3.05) is 32.5 Å². The van der Waals surface area contributed by atoms with E-state index >= 15 is 0 Å². The maximum Gasteiger partial charge on any atom is 0.245 e. The molecule has 0 unspecified atom stereocenters. The van der Waals surface area contributed by atoms with Crippen molar-refractivity contribution < 1.29 is 24.0 Å². The van der Waals surface area contributed by atoms with Crippen molar-refractivity contribution in [1.29, 1.82) is 0 Å². The van der Waals surface area contributed by atoms with E-state index in [0.717, 1.165) is 24.8 Å². The molecule has 2 aromatic rings. The molecule has 1 saturated heterocycles. The van der Waals surface area contributed by atoms with Crippen LogP contribution in [0.4, 0.5) is 5.13 Å². The van der Waals surface area contributed by atoms with Crippen LogP contribution in [0.3, 0.4) is 0 Å². The van der Waals surface area contributed by atoms with Crippen LogP contribution in [0, 0.1) is 0 Å². The zero-order valence-electron chi connectivity index (χ0n) is 29.2. The summed E-state index contributed by atoms with van der Waals surface area (Å²) in [6, 6.07) is 5.88. The first-order chi connectivity index (χ1) is 23.1. The third-order valence-corrected chi connectivity index (χ3v) is 9.96. The molecule has 2 aliphatic rings. The van der Waals surface area contributed by atoms with E-state index in [0.29, 0.717) is 56.0 Å². The van der Waals surface area contributed by atoms with Gasteiger partial charge < -0.3 is 36.8 Å². The van der Waals surface area contributed by atoms with Gasteiger partial charge in [-0.3, -0.25) is 24.0 Å². The second-order valence-electron chi connectivity index (χ2n) is 12.6. The van der Waals surface area contributed by atoms with Crippen molar-refractivity contribution in [3.05, 3.63) is 46.5 Å². The molecule has 1 aliphatic heterocycles. The number of likely N-dealkylation sites (tertiary alicyclic amines) is 1. The van der Waals surface area contributed by atoms with Crippen molar-refractivity contribution in [2.24, 2.45) is 0 Å². The molecular formula is C34H52Cl2N8O5S. The lowest BCUT2D eigenvalue weighted by atomic mass is 9.87. The van der Waals surface area contributed by atoms with Crippen molar-refractivity contribution in [3.63, 3.8) is 0 Å². The average molecular weight is 756 g/mol. The summed E-state index contributed by atoms with van der Waals surface area (Å²) in [5.74, 6) is -1.10. The minimum Gasteiger partial charge on any atom is -0.356 e. The molecule has 16 heteroatoms. The van der Waals surface area contributed by atoms with E-state index in [1.807, 2.05) is 12.1 Å². The summed E-state index contributed by atoms with van der Waals surface area (Å²) in [6.45, 7) is 4.32. The molecule has 1 fully saturated rings. The highest BCUT2D eigenvalue weighted by Gasteiger charge is 2.38. The molecule has 0 saturated carbocycles. The van der Waals surface area contributed by atoms with Crippen LogP contribution in [0.15, 0.2) is 29.6 Å². The number of anilines is 1. The Morgan fingerprint density at radius 2 is 1.68 bits per heavy atom. The molecule has 1 aliphatic carbocycles. The fourth-order valence-corrected chi connectivity index (χ4v) is 6.79. The summed E-state index contributed by atoms with van der Waals surface area (Å²) in [7, 11) is 3.38. The second kappa shape index (κ2) is 21.2. The lowest BCUT2D eigenvalue weighted by Crippen LogP contribution is -2.55. The molecule has 0 radical (unpaired) electrons. The minimum atomic E-state index is -0.790. The third kappa shape index (κ3) is 11.9. The van der Waals surface area contributed by atoms with Crippen LogP contribution in [-0.2, 0) is 36.8 Å². The van der Waals surface area contributed by atoms with E-state index in [1.54, 1.807) is 38.2 Å². The monoisotopic (exact) mass is 754 g/mol. The van der Waals surface area contributed by atoms with Gasteiger partial charge in [0.05, 0.1) is 30.2 Å². The first kappa shape index (κ1) is 42.9. The fourth-order valence-electron chi connectivity index (χ4n) is 6.08. The summed E-state index contributed by atoms with van der Waals surface area (Å²) < 4.78 is 0. The molecule has 0 spiro atoms. The molecule has 1 aromatic heterocycles. The average Bonchev–Trinajstić information content (AvgIpc) is 3.76. The van der Waals surface area contributed by atoms with Gasteiger partial charge in [-0.2, -0.15) is 0 Å². The summed E-state index contributed by atoms with van der Waals surface area (Å²) in [5, 5.41) is 19.7. The number of aryl methyl sites for hydroxylation is 1. The first-order valence-corrected chi connectivity index (χ1v) is 17.8. The summed E-state index contributed by atoms with van der Waals surface area (Å²) in [6.07, 6.45) is 5.77. The minimum absolute atomic E-state index is 0. The highest BCUT2D eigenvalue weighted by molar-refractivity contribution is 7.13. The lowest BCUT2D eigenvalue weighted by molar-refractivity contribution is -0.142. The maximum atomic E-state index is 13.9. The third-order valence-electron chi connectivity index (χ3n) is 9.16. The zero-order chi connectivity index (χ0) is 34.6. The molecular weight excluding hydrogens is 703 g/mol. The predicted molar refractivity (Wildman–Crippen MR) is 200 cm³/mol. The number of hydrogen-bond acceptors (Lipinski definition) is 9. The molecule has 13 nitrogen and oxygen atoms in total. The Morgan fingerprint density at radius 1 is 0.960 bits per heavy atom. The Balaban J connectivity index is 0.00000433. The standard InChI is InChI=1S/C34H50N8O5S.2ClH/c1-21(35-3)30(44)40-27(14-7-8-17-37-29(43)19-24-20-48-34(38-24)41-31(45)22(2)36-4)33(47)42-18-10-16-28(42)32(46)39-26-15-9-12-23-11-5-6-13-25(23)26;;/h5-6,11,13,20-22,26-28,35-36H,7-10,12,14-19H2,1-4H3,(H,37,43)(H,39,46)(H,40,44)(H,38,41,45);2*1H/t21-,22-,26+,27-,28-;;/m0../s1. The summed E-state index contributed by atoms with van der Waals surface area (Å²) >= 11 is 1.26. The number of carbonyl (C=O) groups is 5. The van der Waals surface area contributed by atoms with Gasteiger partial charge in [-0.25, -0.2) is 4.98 Å². The number of carbonyl (C=O) groups excluding carboxylic acids is 5. The molecule has 0 bridgehead atoms. The van der Waals surface area contributed by atoms with Gasteiger partial charge in [0.1, 0.15) is 12.1 Å². The van der Waals surface area contributed by atoms with Gasteiger partial charge in [-0.15, -0.1) is 36.2 Å². The summed E-state index contributed by atoms with van der Waals surface area (Å²) in [5.41, 5.74) is 2.96. The lowest BCUT2D eigenvalue weighted by Gasteiger charge is -2.32. The Morgan fingerprint density at radius 3 is 2.42 bits per heavy atom. The Bertz CT molecular complexity index is 1450. The van der Waals surface area contributed by atoms with Gasteiger partial charge in [0.25, 0.3) is 0 Å². The zero-order valence-corrected chi connectivity index (χ0v) is 31.7. The number of unbranched alkanes of at least 4 members (excludes halogenated alkanes) is 1. The molecule has 50 heavy (non-hydrogen) atoms. The van der Waals surface area contributed by atoms with E-state index in [-0.39, 0.29) is 72.9 Å². The smallest absolute Gasteiger partial charge is 0.245 e. The Hall–Kier alpha value is -3.30. The molecule has 5 atom stereocenters. The normalized spacial score (nSPS) is 18.3. The number of halogens is 2. The largest absolute Gasteiger partial charge is 0.356 e. The van der Waals surface area contributed by atoms with Gasteiger partial charge in [0, 0.05) is 18.5 Å². The maximum absolute atomic E-state index is 13.9. The SMILES string of the molecule is CN[C@@H](C)C(=O)Nc1nc(CC(=O)NCCCC[C@H](NC(=O)[C@H](C)NC)C(=O)N2CCC[C@H]2C(=O)N[C@@H]2CCCc3ccccc32)cs1.Cl.Cl. The van der Waals surface area contributed by atoms with E-state index in [1.165, 1.54) is 16.9 Å². The van der Waals surface area contributed by atoms with E-state index in [2.05, 4.69) is 49.0 Å². The van der Waals surface area contributed by atoms with Crippen LogP contribution < -0.4 is 31.9 Å². The fraction of sp³-hybridized carbons (Fsp3) is 0.588. The van der Waals surface area contributed by atoms with Gasteiger partial charge in [-0.1, -0.05) is 24.3 Å². The molecule has 5 amide bonds. The highest BCUT2D eigenvalue weighted by atomic mass is 35.5. The first-order valence-electron chi connectivity index (χ1n) is 17.0. The molecule has 1 aromatic carbocycles. The molecule has 6 N–H and O–H groups in total. The van der Waals surface area contributed by atoms with Crippen LogP contribution in [-0.4, -0.2) is 90.8 Å². The Labute approximate surface area is 311 Å². The highest BCUT2D eigenvalue weighted by Crippen LogP contribution is 2.30. The van der Waals surface area contributed by atoms with Crippen molar-refractivity contribution in [2.45, 2.75) is 102 Å². The second-order valence-corrected chi connectivity index (χ2v) is 13.4. The van der Waals surface area contributed by atoms with E-state index in [4.69, 9.17) is 0 Å². The van der Waals surface area contributed by atoms with Gasteiger partial charge >= 0.3 is 0 Å². The van der Waals surface area contributed by atoms with Crippen molar-refractivity contribution in [3.8, 4) is 0 Å². The van der Waals surface area contributed by atoms with Crippen LogP contribution in [0.2, 0.25) is 0 Å². The topological polar surface area (TPSA) is 174 Å². The van der Waals surface area contributed by atoms with E-state index in [9.17, 15) is 24.0 Å². The van der Waals surface area contributed by atoms with Crippen LogP contribution >= 0.6 is 36.2 Å². The number of likely N-dealkylation sites (N-methyl/N-ethyl adjacent to an activating group) is 2. The number of hydrogen-bond donors (Lipinski definition) is 6. The van der Waals surface area contributed by atoms with Crippen LogP contribution in [0.5, 0.6) is 0 Å². The van der Waals surface area contributed by atoms with Gasteiger partial charge in [0.2, 0.25) is 29.5 Å². The Kier molecular flexibility index (Phi) is 18.1.